The normalized spacial score (nSPS) is 22.2. The molecular formula is C8H10N+. The summed E-state index contributed by atoms with van der Waals surface area (Å²) < 4.78 is 0. The van der Waals surface area contributed by atoms with Crippen molar-refractivity contribution < 1.29 is 1.43 Å². The molecule has 0 aromatic heterocycles. The van der Waals surface area contributed by atoms with Gasteiger partial charge in [0.1, 0.15) is 0 Å². The van der Waals surface area contributed by atoms with E-state index in [0.717, 1.165) is 0 Å². The van der Waals surface area contributed by atoms with Crippen molar-refractivity contribution in [2.24, 2.45) is 0 Å². The maximum Gasteiger partial charge on any atom is 1.00 e. The average Bonchev–Trinajstić information content (AvgIpc) is 2.21. The zero-order chi connectivity index (χ0) is 6.10. The Morgan fingerprint density at radius 2 is 2.33 bits per heavy atom. The van der Waals surface area contributed by atoms with Gasteiger partial charge in [-0.1, -0.05) is 6.08 Å². The topological polar surface area (TPSA) is 12.0 Å². The highest BCUT2D eigenvalue weighted by Crippen LogP contribution is 2.19. The molecule has 0 radical (unpaired) electrons. The number of nitrogens with one attached hydrogen (secondary N) is 1. The van der Waals surface area contributed by atoms with Gasteiger partial charge in [0.15, 0.2) is 0 Å². The molecule has 46 valence electrons. The van der Waals surface area contributed by atoms with Crippen LogP contribution >= 0.6 is 0 Å². The fraction of sp³-hybridized carbons (Fsp3) is 0.250. The van der Waals surface area contributed by atoms with Gasteiger partial charge in [-0.25, -0.2) is 0 Å². The summed E-state index contributed by atoms with van der Waals surface area (Å²) in [5, 5.41) is 3.20. The molecule has 0 spiro atoms. The van der Waals surface area contributed by atoms with E-state index < -0.39 is 0 Å². The molecule has 0 aromatic carbocycles. The Morgan fingerprint density at radius 3 is 3.11 bits per heavy atom. The highest BCUT2D eigenvalue weighted by atomic mass is 14.9. The van der Waals surface area contributed by atoms with Crippen molar-refractivity contribution in [3.63, 3.8) is 0 Å². The van der Waals surface area contributed by atoms with Gasteiger partial charge in [-0.15, -0.1) is 0 Å². The minimum Gasteiger partial charge on any atom is -0.365 e. The van der Waals surface area contributed by atoms with Crippen LogP contribution < -0.4 is 5.32 Å². The summed E-state index contributed by atoms with van der Waals surface area (Å²) in [5.74, 6) is 0. The summed E-state index contributed by atoms with van der Waals surface area (Å²) in [4.78, 5) is 0. The van der Waals surface area contributed by atoms with Crippen molar-refractivity contribution >= 4 is 0 Å². The van der Waals surface area contributed by atoms with Gasteiger partial charge in [0.05, 0.1) is 0 Å². The molecule has 2 heterocycles. The Hall–Kier alpha value is -0.980. The van der Waals surface area contributed by atoms with Crippen LogP contribution in [0.4, 0.5) is 0 Å². The van der Waals surface area contributed by atoms with Gasteiger partial charge in [0, 0.05) is 11.9 Å². The zero-order valence-corrected chi connectivity index (χ0v) is 5.22. The third-order valence-corrected chi connectivity index (χ3v) is 1.75. The quantitative estimate of drug-likeness (QED) is 0.514. The van der Waals surface area contributed by atoms with E-state index in [1.807, 2.05) is 6.20 Å². The molecule has 0 fully saturated rings. The van der Waals surface area contributed by atoms with E-state index in [1.165, 1.54) is 24.1 Å². The van der Waals surface area contributed by atoms with E-state index in [1.54, 1.807) is 0 Å². The molecule has 2 bridgehead atoms. The first-order chi connectivity index (χ1) is 4.45. The van der Waals surface area contributed by atoms with Gasteiger partial charge in [-0.2, -0.15) is 0 Å². The first kappa shape index (κ1) is 4.86. The van der Waals surface area contributed by atoms with Crippen LogP contribution in [0, 0.1) is 0 Å². The molecule has 0 saturated carbocycles. The summed E-state index contributed by atoms with van der Waals surface area (Å²) in [5.41, 5.74) is 2.77. The Morgan fingerprint density at radius 1 is 1.33 bits per heavy atom. The highest BCUT2D eigenvalue weighted by Gasteiger charge is 2.05. The SMILES string of the molecule is C1=CC2=CC=C(CC2)N1.[H+]. The van der Waals surface area contributed by atoms with Gasteiger partial charge < -0.3 is 5.32 Å². The molecule has 0 aromatic rings. The number of hydrogen-bond acceptors (Lipinski definition) is 1. The van der Waals surface area contributed by atoms with Crippen molar-refractivity contribution in [1.29, 1.82) is 0 Å². The van der Waals surface area contributed by atoms with Gasteiger partial charge in [-0.3, -0.25) is 0 Å². The molecule has 2 aliphatic heterocycles. The van der Waals surface area contributed by atoms with Crippen LogP contribution in [0.2, 0.25) is 0 Å². The summed E-state index contributed by atoms with van der Waals surface area (Å²) >= 11 is 0. The molecule has 0 unspecified atom stereocenters. The molecule has 0 atom stereocenters. The van der Waals surface area contributed by atoms with Crippen LogP contribution in [-0.4, -0.2) is 0 Å². The predicted molar refractivity (Wildman–Crippen MR) is 38.8 cm³/mol. The van der Waals surface area contributed by atoms with E-state index in [-0.39, 0.29) is 1.43 Å². The van der Waals surface area contributed by atoms with E-state index >= 15 is 0 Å². The van der Waals surface area contributed by atoms with Crippen molar-refractivity contribution in [2.75, 3.05) is 0 Å². The standard InChI is InChI=1S/C8H9N/c1-3-8-4-2-7(1)5-6-9-8/h1,3,5-6,9H,2,4H2/p+1. The average molecular weight is 120 g/mol. The van der Waals surface area contributed by atoms with Gasteiger partial charge in [-0.05, 0) is 30.6 Å². The molecule has 1 nitrogen and oxygen atoms in total. The lowest BCUT2D eigenvalue weighted by molar-refractivity contribution is 0.874. The van der Waals surface area contributed by atoms with E-state index in [4.69, 9.17) is 0 Å². The van der Waals surface area contributed by atoms with Gasteiger partial charge in [0.25, 0.3) is 0 Å². The van der Waals surface area contributed by atoms with Crippen LogP contribution in [0.5, 0.6) is 0 Å². The third kappa shape index (κ3) is 0.784. The molecule has 1 heteroatoms. The monoisotopic (exact) mass is 120 g/mol. The second kappa shape index (κ2) is 1.76. The van der Waals surface area contributed by atoms with Crippen molar-refractivity contribution in [3.05, 3.63) is 35.7 Å². The largest absolute Gasteiger partial charge is 1.00 e. The number of fused-ring (bicyclic) bond motifs is 3. The minimum absolute atomic E-state index is 0. The maximum atomic E-state index is 3.20. The fourth-order valence-corrected chi connectivity index (χ4v) is 1.17. The molecule has 3 aliphatic rings. The Kier molecular flexibility index (Phi) is 0.950. The van der Waals surface area contributed by atoms with E-state index in [2.05, 4.69) is 23.5 Å². The second-order valence-electron chi connectivity index (χ2n) is 2.41. The van der Waals surface area contributed by atoms with E-state index in [9.17, 15) is 0 Å². The third-order valence-electron chi connectivity index (χ3n) is 1.75. The van der Waals surface area contributed by atoms with Crippen LogP contribution in [-0.2, 0) is 0 Å². The second-order valence-corrected chi connectivity index (χ2v) is 2.41. The maximum absolute atomic E-state index is 3.20. The molecule has 9 heavy (non-hydrogen) atoms. The Labute approximate surface area is 56.2 Å². The fourth-order valence-electron chi connectivity index (χ4n) is 1.17. The lowest BCUT2D eigenvalue weighted by Crippen LogP contribution is -2.02. The van der Waals surface area contributed by atoms with Crippen LogP contribution in [0.1, 0.15) is 14.3 Å². The molecular weight excluding hydrogens is 110 g/mol. The van der Waals surface area contributed by atoms with Crippen LogP contribution in [0.15, 0.2) is 35.7 Å². The number of hydrogen-bond donors (Lipinski definition) is 1. The lowest BCUT2D eigenvalue weighted by Gasteiger charge is -2.06. The van der Waals surface area contributed by atoms with E-state index in [0.29, 0.717) is 0 Å². The summed E-state index contributed by atoms with van der Waals surface area (Å²) in [6.07, 6.45) is 10.9. The first-order valence-corrected chi connectivity index (χ1v) is 3.28. The van der Waals surface area contributed by atoms with Gasteiger partial charge in [0.2, 0.25) is 0 Å². The lowest BCUT2D eigenvalue weighted by atomic mass is 10.0. The zero-order valence-electron chi connectivity index (χ0n) is 6.22. The molecule has 0 amide bonds. The Bertz CT molecular complexity index is 213. The molecule has 0 saturated heterocycles. The summed E-state index contributed by atoms with van der Waals surface area (Å²) in [6.45, 7) is 0. The summed E-state index contributed by atoms with van der Waals surface area (Å²) in [7, 11) is 0. The van der Waals surface area contributed by atoms with Crippen molar-refractivity contribution in [1.82, 2.24) is 5.32 Å². The highest BCUT2D eigenvalue weighted by molar-refractivity contribution is 5.33. The number of rotatable bonds is 0. The molecule has 1 N–H and O–H groups in total. The number of allylic oxidation sites excluding steroid dienone is 5. The Balaban J connectivity index is 0.000000500. The smallest absolute Gasteiger partial charge is 0.365 e. The van der Waals surface area contributed by atoms with Crippen LogP contribution in [0.25, 0.3) is 0 Å². The van der Waals surface area contributed by atoms with Crippen molar-refractivity contribution in [3.8, 4) is 0 Å². The van der Waals surface area contributed by atoms with Gasteiger partial charge >= 0.3 is 1.43 Å². The van der Waals surface area contributed by atoms with Crippen molar-refractivity contribution in [2.45, 2.75) is 12.8 Å². The van der Waals surface area contributed by atoms with Crippen LogP contribution in [0.3, 0.4) is 0 Å². The molecule has 1 aliphatic carbocycles. The predicted octanol–water partition coefficient (Wildman–Crippen LogP) is 1.82. The summed E-state index contributed by atoms with van der Waals surface area (Å²) in [6, 6.07) is 0. The first-order valence-electron chi connectivity index (χ1n) is 3.28. The minimum atomic E-state index is 0. The molecule has 3 rings (SSSR count).